The molecule has 0 aliphatic carbocycles. The van der Waals surface area contributed by atoms with Crippen LogP contribution in [0.3, 0.4) is 0 Å². The number of nitrogens with one attached hydrogen (secondary N) is 1. The Bertz CT molecular complexity index is 399. The van der Waals surface area contributed by atoms with Crippen molar-refractivity contribution in [2.75, 3.05) is 18.1 Å². The van der Waals surface area contributed by atoms with Gasteiger partial charge in [0.05, 0.1) is 19.3 Å². The van der Waals surface area contributed by atoms with Crippen LogP contribution in [0, 0.1) is 0 Å². The van der Waals surface area contributed by atoms with Gasteiger partial charge in [0.15, 0.2) is 15.7 Å². The maximum atomic E-state index is 11.1. The fourth-order valence-corrected chi connectivity index (χ4v) is 1.71. The minimum absolute atomic E-state index is 0.143. The minimum Gasteiger partial charge on any atom is -0.309 e. The van der Waals surface area contributed by atoms with Crippen LogP contribution in [-0.2, 0) is 23.4 Å². The molecule has 0 radical (unpaired) electrons. The minimum atomic E-state index is -2.89. The monoisotopic (exact) mass is 233 g/mol. The van der Waals surface area contributed by atoms with Crippen LogP contribution < -0.4 is 5.32 Å². The van der Waals surface area contributed by atoms with Crippen LogP contribution in [0.1, 0.15) is 12.7 Å². The van der Waals surface area contributed by atoms with Crippen LogP contribution in [0.15, 0.2) is 0 Å². The molecule has 0 amide bonds. The lowest BCUT2D eigenvalue weighted by molar-refractivity contribution is 0.589. The topological polar surface area (TPSA) is 89.8 Å². The second-order valence-corrected chi connectivity index (χ2v) is 5.58. The van der Waals surface area contributed by atoms with E-state index in [1.807, 2.05) is 0 Å². The molecule has 0 saturated heterocycles. The summed E-state index contributed by atoms with van der Waals surface area (Å²) < 4.78 is 22.3. The summed E-state index contributed by atoms with van der Waals surface area (Å²) in [5, 5.41) is 14.3. The van der Waals surface area contributed by atoms with Crippen molar-refractivity contribution in [1.29, 1.82) is 0 Å². The van der Waals surface area contributed by atoms with Crippen LogP contribution in [0.25, 0.3) is 0 Å². The predicted octanol–water partition coefficient (Wildman–Crippen LogP) is -1.27. The molecule has 0 bridgehead atoms. The molecule has 0 aliphatic heterocycles. The summed E-state index contributed by atoms with van der Waals surface area (Å²) >= 11 is 0. The second-order valence-electron chi connectivity index (χ2n) is 3.11. The lowest BCUT2D eigenvalue weighted by Gasteiger charge is -2.01. The van der Waals surface area contributed by atoms with E-state index in [0.29, 0.717) is 18.9 Å². The molecule has 1 aromatic rings. The third-order valence-electron chi connectivity index (χ3n) is 1.86. The molecule has 0 unspecified atom stereocenters. The van der Waals surface area contributed by atoms with Gasteiger partial charge in [0.25, 0.3) is 0 Å². The molecule has 0 aliphatic rings. The number of hydrogen-bond acceptors (Lipinski definition) is 6. The first-order chi connectivity index (χ1) is 7.03. The van der Waals surface area contributed by atoms with Crippen LogP contribution in [0.2, 0.25) is 0 Å². The zero-order chi connectivity index (χ0) is 11.3. The third-order valence-corrected chi connectivity index (χ3v) is 3.57. The number of aryl methyl sites for hydroxylation is 1. The Morgan fingerprint density at radius 3 is 2.73 bits per heavy atom. The molecule has 7 nitrogen and oxygen atoms in total. The molecule has 1 aromatic heterocycles. The van der Waals surface area contributed by atoms with Gasteiger partial charge in [-0.15, -0.1) is 10.2 Å². The highest BCUT2D eigenvalue weighted by Gasteiger charge is 2.06. The molecule has 0 spiro atoms. The maximum Gasteiger partial charge on any atom is 0.188 e. The molecule has 1 rings (SSSR count). The number of tetrazole rings is 1. The fraction of sp³-hybridized carbons (Fsp3) is 0.857. The molecular weight excluding hydrogens is 218 g/mol. The largest absolute Gasteiger partial charge is 0.309 e. The van der Waals surface area contributed by atoms with E-state index in [4.69, 9.17) is 0 Å². The van der Waals surface area contributed by atoms with Crippen molar-refractivity contribution in [3.63, 3.8) is 0 Å². The van der Waals surface area contributed by atoms with Gasteiger partial charge in [0.2, 0.25) is 0 Å². The SMILES string of the molecule is CCS(=O)(=O)CCNCc1nnn(C)n1. The quantitative estimate of drug-likeness (QED) is 0.616. The van der Waals surface area contributed by atoms with E-state index >= 15 is 0 Å². The number of hydrogen-bond donors (Lipinski definition) is 1. The van der Waals surface area contributed by atoms with E-state index in [0.717, 1.165) is 0 Å². The lowest BCUT2D eigenvalue weighted by atomic mass is 10.6. The van der Waals surface area contributed by atoms with Crippen molar-refractivity contribution in [3.05, 3.63) is 5.82 Å². The van der Waals surface area contributed by atoms with Gasteiger partial charge < -0.3 is 5.32 Å². The zero-order valence-corrected chi connectivity index (χ0v) is 9.66. The van der Waals surface area contributed by atoms with Crippen molar-refractivity contribution >= 4 is 9.84 Å². The van der Waals surface area contributed by atoms with E-state index in [-0.39, 0.29) is 11.5 Å². The Morgan fingerprint density at radius 2 is 2.20 bits per heavy atom. The highest BCUT2D eigenvalue weighted by atomic mass is 32.2. The second kappa shape index (κ2) is 5.17. The molecular formula is C7H15N5O2S. The summed E-state index contributed by atoms with van der Waals surface area (Å²) in [5.74, 6) is 0.883. The van der Waals surface area contributed by atoms with Gasteiger partial charge in [-0.3, -0.25) is 0 Å². The molecule has 8 heteroatoms. The van der Waals surface area contributed by atoms with Gasteiger partial charge in [-0.2, -0.15) is 4.80 Å². The molecule has 0 fully saturated rings. The van der Waals surface area contributed by atoms with Crippen LogP contribution in [0.4, 0.5) is 0 Å². The van der Waals surface area contributed by atoms with Gasteiger partial charge in [0, 0.05) is 12.3 Å². The Morgan fingerprint density at radius 1 is 1.47 bits per heavy atom. The van der Waals surface area contributed by atoms with E-state index in [9.17, 15) is 8.42 Å². The fourth-order valence-electron chi connectivity index (χ4n) is 0.966. The van der Waals surface area contributed by atoms with Crippen molar-refractivity contribution in [2.45, 2.75) is 13.5 Å². The normalized spacial score (nSPS) is 11.9. The van der Waals surface area contributed by atoms with E-state index in [1.165, 1.54) is 4.80 Å². The predicted molar refractivity (Wildman–Crippen MR) is 54.8 cm³/mol. The Kier molecular flexibility index (Phi) is 4.15. The van der Waals surface area contributed by atoms with Crippen molar-refractivity contribution in [2.24, 2.45) is 7.05 Å². The Balaban J connectivity index is 2.23. The molecule has 86 valence electrons. The third kappa shape index (κ3) is 4.34. The summed E-state index contributed by atoms with van der Waals surface area (Å²) in [6.45, 7) is 2.49. The summed E-state index contributed by atoms with van der Waals surface area (Å²) in [7, 11) is -1.21. The van der Waals surface area contributed by atoms with E-state index < -0.39 is 9.84 Å². The highest BCUT2D eigenvalue weighted by molar-refractivity contribution is 7.91. The molecule has 0 aromatic carbocycles. The van der Waals surface area contributed by atoms with Gasteiger partial charge >= 0.3 is 0 Å². The lowest BCUT2D eigenvalue weighted by Crippen LogP contribution is -2.24. The van der Waals surface area contributed by atoms with Crippen LogP contribution >= 0.6 is 0 Å². The number of aromatic nitrogens is 4. The molecule has 0 atom stereocenters. The first-order valence-electron chi connectivity index (χ1n) is 4.67. The number of sulfone groups is 1. The van der Waals surface area contributed by atoms with Gasteiger partial charge in [-0.1, -0.05) is 6.92 Å². The molecule has 1 heterocycles. The number of rotatable bonds is 6. The Hall–Kier alpha value is -1.02. The van der Waals surface area contributed by atoms with Crippen molar-refractivity contribution in [1.82, 2.24) is 25.5 Å². The first kappa shape index (κ1) is 12.1. The van der Waals surface area contributed by atoms with Crippen LogP contribution in [0.5, 0.6) is 0 Å². The van der Waals surface area contributed by atoms with Gasteiger partial charge in [-0.25, -0.2) is 8.42 Å². The first-order valence-corrected chi connectivity index (χ1v) is 6.49. The average molecular weight is 233 g/mol. The zero-order valence-electron chi connectivity index (χ0n) is 8.84. The molecule has 15 heavy (non-hydrogen) atoms. The summed E-state index contributed by atoms with van der Waals surface area (Å²) in [5.41, 5.74) is 0. The summed E-state index contributed by atoms with van der Waals surface area (Å²) in [6.07, 6.45) is 0. The average Bonchev–Trinajstić information content (AvgIpc) is 2.59. The highest BCUT2D eigenvalue weighted by Crippen LogP contribution is 1.88. The maximum absolute atomic E-state index is 11.1. The van der Waals surface area contributed by atoms with Crippen molar-refractivity contribution in [3.8, 4) is 0 Å². The Labute approximate surface area is 88.8 Å². The van der Waals surface area contributed by atoms with Crippen LogP contribution in [-0.4, -0.2) is 46.7 Å². The molecule has 1 N–H and O–H groups in total. The smallest absolute Gasteiger partial charge is 0.188 e. The summed E-state index contributed by atoms with van der Waals surface area (Å²) in [6, 6.07) is 0. The van der Waals surface area contributed by atoms with E-state index in [2.05, 4.69) is 20.7 Å². The van der Waals surface area contributed by atoms with Gasteiger partial charge in [-0.05, 0) is 5.21 Å². The van der Waals surface area contributed by atoms with Crippen molar-refractivity contribution < 1.29 is 8.42 Å². The van der Waals surface area contributed by atoms with Gasteiger partial charge in [0.1, 0.15) is 0 Å². The van der Waals surface area contributed by atoms with E-state index in [1.54, 1.807) is 14.0 Å². The standard InChI is InChI=1S/C7H15N5O2S/c1-3-15(13,14)5-4-8-6-7-9-11-12(2)10-7/h8H,3-6H2,1-2H3. The summed E-state index contributed by atoms with van der Waals surface area (Å²) in [4.78, 5) is 1.36. The molecule has 0 saturated carbocycles. The number of nitrogens with zero attached hydrogens (tertiary/aromatic N) is 4.